The summed E-state index contributed by atoms with van der Waals surface area (Å²) in [6.07, 6.45) is 0.779. The fourth-order valence-corrected chi connectivity index (χ4v) is 3.41. The van der Waals surface area contributed by atoms with Gasteiger partial charge in [0.05, 0.1) is 11.2 Å². The number of benzene rings is 1. The molecule has 9 heteroatoms. The van der Waals surface area contributed by atoms with Gasteiger partial charge in [-0.2, -0.15) is 0 Å². The number of ether oxygens (including phenoxy) is 1. The Balaban J connectivity index is 1.61. The first-order chi connectivity index (χ1) is 14.0. The third-order valence-electron chi connectivity index (χ3n) is 4.80. The normalized spacial score (nSPS) is 17.3. The van der Waals surface area contributed by atoms with Crippen molar-refractivity contribution in [1.29, 1.82) is 0 Å². The molecule has 6 nitrogen and oxygen atoms in total. The fraction of sp³-hybridized carbons (Fsp3) is 0.350. The van der Waals surface area contributed by atoms with Crippen LogP contribution in [-0.2, 0) is 0 Å². The van der Waals surface area contributed by atoms with Crippen LogP contribution in [0.2, 0.25) is 0 Å². The lowest BCUT2D eigenvalue weighted by atomic mass is 10.00. The molecule has 0 spiro atoms. The average Bonchev–Trinajstić information content (AvgIpc) is 2.72. The summed E-state index contributed by atoms with van der Waals surface area (Å²) in [5, 5.41) is 6.77. The molecule has 1 unspecified atom stereocenters. The standard InChI is InChI=1S/C20H20F3N5O/c21-20(22,23)29-15-5-3-14(4-6-15)16-10-17-18(26-9-8-25-17)19(28-16)27-12-13-2-1-7-24-11-13/h3-6,8-10,13,24H,1-2,7,11-12H2,(H,27,28). The maximum Gasteiger partial charge on any atom is 0.573 e. The molecular weight excluding hydrogens is 383 g/mol. The van der Waals surface area contributed by atoms with Gasteiger partial charge in [0.25, 0.3) is 0 Å². The quantitative estimate of drug-likeness (QED) is 0.671. The van der Waals surface area contributed by atoms with E-state index in [1.54, 1.807) is 30.6 Å². The summed E-state index contributed by atoms with van der Waals surface area (Å²) >= 11 is 0. The van der Waals surface area contributed by atoms with Gasteiger partial charge < -0.3 is 15.4 Å². The number of anilines is 1. The molecule has 152 valence electrons. The summed E-state index contributed by atoms with van der Waals surface area (Å²) in [5.74, 6) is 0.844. The topological polar surface area (TPSA) is 72.0 Å². The lowest BCUT2D eigenvalue weighted by Gasteiger charge is -2.23. The summed E-state index contributed by atoms with van der Waals surface area (Å²) in [7, 11) is 0. The molecule has 3 heterocycles. The molecule has 1 fully saturated rings. The zero-order chi connectivity index (χ0) is 20.3. The molecular formula is C20H20F3N5O. The van der Waals surface area contributed by atoms with E-state index in [0.29, 0.717) is 34.0 Å². The SMILES string of the molecule is FC(F)(F)Oc1ccc(-c2cc3nccnc3c(NCC3CCCNC3)n2)cc1. The van der Waals surface area contributed by atoms with Crippen molar-refractivity contribution in [1.82, 2.24) is 20.3 Å². The Morgan fingerprint density at radius 3 is 2.66 bits per heavy atom. The highest BCUT2D eigenvalue weighted by Crippen LogP contribution is 2.29. The molecule has 1 saturated heterocycles. The van der Waals surface area contributed by atoms with Crippen LogP contribution in [0.25, 0.3) is 22.3 Å². The number of nitrogens with one attached hydrogen (secondary N) is 2. The molecule has 3 aromatic rings. The predicted molar refractivity (Wildman–Crippen MR) is 104 cm³/mol. The summed E-state index contributed by atoms with van der Waals surface area (Å²) in [6, 6.07) is 7.40. The van der Waals surface area contributed by atoms with Crippen LogP contribution < -0.4 is 15.4 Å². The maximum atomic E-state index is 12.4. The Morgan fingerprint density at radius 2 is 1.93 bits per heavy atom. The minimum absolute atomic E-state index is 0.273. The third-order valence-corrected chi connectivity index (χ3v) is 4.80. The first-order valence-electron chi connectivity index (χ1n) is 9.40. The Bertz CT molecular complexity index is 972. The zero-order valence-electron chi connectivity index (χ0n) is 15.5. The van der Waals surface area contributed by atoms with Crippen molar-refractivity contribution >= 4 is 16.9 Å². The largest absolute Gasteiger partial charge is 0.573 e. The van der Waals surface area contributed by atoms with E-state index < -0.39 is 6.36 Å². The van der Waals surface area contributed by atoms with Gasteiger partial charge in [-0.3, -0.25) is 4.98 Å². The van der Waals surface area contributed by atoms with Crippen LogP contribution in [0.15, 0.2) is 42.7 Å². The number of halogens is 3. The molecule has 0 bridgehead atoms. The van der Waals surface area contributed by atoms with Crippen molar-refractivity contribution in [3.8, 4) is 17.0 Å². The van der Waals surface area contributed by atoms with E-state index in [2.05, 4.69) is 30.3 Å². The highest BCUT2D eigenvalue weighted by molar-refractivity contribution is 5.88. The number of aromatic nitrogens is 3. The minimum atomic E-state index is -4.72. The molecule has 0 radical (unpaired) electrons. The van der Waals surface area contributed by atoms with Gasteiger partial charge in [-0.25, -0.2) is 9.97 Å². The summed E-state index contributed by atoms with van der Waals surface area (Å²) in [4.78, 5) is 13.4. The van der Waals surface area contributed by atoms with E-state index in [-0.39, 0.29) is 5.75 Å². The number of fused-ring (bicyclic) bond motifs is 1. The van der Waals surface area contributed by atoms with E-state index in [1.165, 1.54) is 12.1 Å². The monoisotopic (exact) mass is 403 g/mol. The summed E-state index contributed by atoms with van der Waals surface area (Å²) < 4.78 is 41.0. The van der Waals surface area contributed by atoms with Crippen molar-refractivity contribution in [2.75, 3.05) is 25.0 Å². The highest BCUT2D eigenvalue weighted by Gasteiger charge is 2.31. The average molecular weight is 403 g/mol. The van der Waals surface area contributed by atoms with E-state index >= 15 is 0 Å². The van der Waals surface area contributed by atoms with Crippen molar-refractivity contribution in [3.63, 3.8) is 0 Å². The molecule has 0 aliphatic carbocycles. The number of hydrogen-bond acceptors (Lipinski definition) is 6. The number of rotatable bonds is 5. The van der Waals surface area contributed by atoms with Gasteiger partial charge in [0.2, 0.25) is 0 Å². The Kier molecular flexibility index (Phi) is 5.48. The molecule has 4 rings (SSSR count). The van der Waals surface area contributed by atoms with Crippen LogP contribution in [0.4, 0.5) is 19.0 Å². The molecule has 29 heavy (non-hydrogen) atoms. The Hall–Kier alpha value is -2.94. The lowest BCUT2D eigenvalue weighted by molar-refractivity contribution is -0.274. The Labute approximate surface area is 165 Å². The molecule has 0 amide bonds. The van der Waals surface area contributed by atoms with Gasteiger partial charge >= 0.3 is 6.36 Å². The second kappa shape index (κ2) is 8.20. The van der Waals surface area contributed by atoms with Crippen LogP contribution in [-0.4, -0.2) is 40.9 Å². The van der Waals surface area contributed by atoms with Crippen LogP contribution in [0.1, 0.15) is 12.8 Å². The lowest BCUT2D eigenvalue weighted by Crippen LogP contribution is -2.33. The van der Waals surface area contributed by atoms with Crippen LogP contribution in [0, 0.1) is 5.92 Å². The van der Waals surface area contributed by atoms with Gasteiger partial charge in [0, 0.05) is 24.5 Å². The number of nitrogens with zero attached hydrogens (tertiary/aromatic N) is 3. The molecule has 1 atom stereocenters. The second-order valence-electron chi connectivity index (χ2n) is 6.95. The van der Waals surface area contributed by atoms with Gasteiger partial charge in [-0.05, 0) is 62.2 Å². The molecule has 1 aliphatic rings. The molecule has 1 aromatic carbocycles. The summed E-state index contributed by atoms with van der Waals surface area (Å²) in [6.45, 7) is 2.76. The highest BCUT2D eigenvalue weighted by atomic mass is 19.4. The minimum Gasteiger partial charge on any atom is -0.406 e. The second-order valence-corrected chi connectivity index (χ2v) is 6.95. The number of piperidine rings is 1. The van der Waals surface area contributed by atoms with E-state index in [1.807, 2.05) is 0 Å². The Morgan fingerprint density at radius 1 is 1.14 bits per heavy atom. The van der Waals surface area contributed by atoms with Gasteiger partial charge in [-0.15, -0.1) is 13.2 Å². The molecule has 0 saturated carbocycles. The van der Waals surface area contributed by atoms with Gasteiger partial charge in [-0.1, -0.05) is 0 Å². The first kappa shape index (κ1) is 19.4. The van der Waals surface area contributed by atoms with Crippen molar-refractivity contribution in [3.05, 3.63) is 42.7 Å². The van der Waals surface area contributed by atoms with Crippen LogP contribution in [0.3, 0.4) is 0 Å². The van der Waals surface area contributed by atoms with Crippen molar-refractivity contribution in [2.45, 2.75) is 19.2 Å². The van der Waals surface area contributed by atoms with Gasteiger partial charge in [0.1, 0.15) is 11.3 Å². The number of alkyl halides is 3. The van der Waals surface area contributed by atoms with Crippen molar-refractivity contribution in [2.24, 2.45) is 5.92 Å². The van der Waals surface area contributed by atoms with Crippen LogP contribution in [0.5, 0.6) is 5.75 Å². The molecule has 2 N–H and O–H groups in total. The maximum absolute atomic E-state index is 12.4. The van der Waals surface area contributed by atoms with Crippen molar-refractivity contribution < 1.29 is 17.9 Å². The van der Waals surface area contributed by atoms with Crippen LogP contribution >= 0.6 is 0 Å². The van der Waals surface area contributed by atoms with E-state index in [0.717, 1.165) is 32.5 Å². The first-order valence-corrected chi connectivity index (χ1v) is 9.40. The fourth-order valence-electron chi connectivity index (χ4n) is 3.41. The number of hydrogen-bond donors (Lipinski definition) is 2. The van der Waals surface area contributed by atoms with E-state index in [4.69, 9.17) is 0 Å². The summed E-state index contributed by atoms with van der Waals surface area (Å²) in [5.41, 5.74) is 2.59. The molecule has 1 aliphatic heterocycles. The smallest absolute Gasteiger partial charge is 0.406 e. The van der Waals surface area contributed by atoms with E-state index in [9.17, 15) is 13.2 Å². The zero-order valence-corrected chi connectivity index (χ0v) is 15.5. The number of pyridine rings is 1. The van der Waals surface area contributed by atoms with Gasteiger partial charge in [0.15, 0.2) is 5.82 Å². The molecule has 2 aromatic heterocycles. The third kappa shape index (κ3) is 4.92. The predicted octanol–water partition coefficient (Wildman–Crippen LogP) is 4.00.